The van der Waals surface area contributed by atoms with Crippen LogP contribution in [0.25, 0.3) is 5.70 Å². The molecule has 4 heteroatoms. The minimum absolute atomic E-state index is 0.0124. The molecule has 0 saturated heterocycles. The van der Waals surface area contributed by atoms with Gasteiger partial charge in [-0.2, -0.15) is 11.3 Å². The first-order valence-corrected chi connectivity index (χ1v) is 8.58. The summed E-state index contributed by atoms with van der Waals surface area (Å²) in [5.41, 5.74) is 10.1. The Balaban J connectivity index is 1.80. The summed E-state index contributed by atoms with van der Waals surface area (Å²) >= 11 is 1.61. The molecule has 0 spiro atoms. The zero-order valence-electron chi connectivity index (χ0n) is 13.1. The van der Waals surface area contributed by atoms with Gasteiger partial charge in [0.2, 0.25) is 0 Å². The standard InChI is InChI=1S/C20H18N2OS/c21-18-8-6-15(7-9-18)13-22-19(17-10-11-24-14-17)12-20(23)16-4-2-1-3-5-16/h1-12,14,22H,13,21H2/b19-12-. The van der Waals surface area contributed by atoms with Gasteiger partial charge in [0.1, 0.15) is 0 Å². The molecule has 0 aliphatic heterocycles. The smallest absolute Gasteiger partial charge is 0.187 e. The van der Waals surface area contributed by atoms with Crippen molar-refractivity contribution in [2.75, 3.05) is 5.73 Å². The SMILES string of the molecule is Nc1ccc(CN/C(=C\C(=O)c2ccccc2)c2ccsc2)cc1. The van der Waals surface area contributed by atoms with Crippen molar-refractivity contribution in [1.29, 1.82) is 0 Å². The Labute approximate surface area is 145 Å². The maximum Gasteiger partial charge on any atom is 0.187 e. The van der Waals surface area contributed by atoms with Crippen LogP contribution in [0.15, 0.2) is 77.5 Å². The van der Waals surface area contributed by atoms with Gasteiger partial charge in [-0.25, -0.2) is 0 Å². The molecule has 24 heavy (non-hydrogen) atoms. The fourth-order valence-corrected chi connectivity index (χ4v) is 2.96. The van der Waals surface area contributed by atoms with Crippen LogP contribution in [-0.2, 0) is 6.54 Å². The van der Waals surface area contributed by atoms with E-state index >= 15 is 0 Å². The average Bonchev–Trinajstić information content (AvgIpc) is 3.15. The molecule has 0 atom stereocenters. The van der Waals surface area contributed by atoms with Crippen LogP contribution in [0.3, 0.4) is 0 Å². The third-order valence-electron chi connectivity index (χ3n) is 3.63. The number of nitrogens with two attached hydrogens (primary N) is 1. The second-order valence-corrected chi connectivity index (χ2v) is 6.18. The summed E-state index contributed by atoms with van der Waals surface area (Å²) in [5.74, 6) is -0.0124. The summed E-state index contributed by atoms with van der Waals surface area (Å²) in [6.45, 7) is 0.629. The summed E-state index contributed by atoms with van der Waals surface area (Å²) in [4.78, 5) is 12.5. The van der Waals surface area contributed by atoms with Crippen LogP contribution in [0.2, 0.25) is 0 Å². The number of ketones is 1. The van der Waals surface area contributed by atoms with Crippen molar-refractivity contribution < 1.29 is 4.79 Å². The predicted molar refractivity (Wildman–Crippen MR) is 101 cm³/mol. The van der Waals surface area contributed by atoms with Crippen LogP contribution < -0.4 is 11.1 Å². The molecule has 120 valence electrons. The number of anilines is 1. The van der Waals surface area contributed by atoms with Crippen molar-refractivity contribution in [2.45, 2.75) is 6.54 Å². The number of carbonyl (C=O) groups excluding carboxylic acids is 1. The van der Waals surface area contributed by atoms with E-state index in [1.54, 1.807) is 17.4 Å². The van der Waals surface area contributed by atoms with Gasteiger partial charge in [-0.1, -0.05) is 42.5 Å². The number of rotatable bonds is 6. The molecule has 0 aliphatic rings. The first-order chi connectivity index (χ1) is 11.7. The Hall–Kier alpha value is -2.85. The van der Waals surface area contributed by atoms with E-state index in [4.69, 9.17) is 5.73 Å². The Kier molecular flexibility index (Phi) is 5.08. The van der Waals surface area contributed by atoms with Gasteiger partial charge in [0.05, 0.1) is 0 Å². The molecular formula is C20H18N2OS. The summed E-state index contributed by atoms with van der Waals surface area (Å²) in [6, 6.07) is 19.0. The number of nitrogen functional groups attached to an aromatic ring is 1. The van der Waals surface area contributed by atoms with Gasteiger partial charge in [0.15, 0.2) is 5.78 Å². The molecule has 0 unspecified atom stereocenters. The lowest BCUT2D eigenvalue weighted by molar-refractivity contribution is 0.104. The van der Waals surface area contributed by atoms with Crippen molar-refractivity contribution in [3.05, 3.63) is 94.2 Å². The molecule has 0 bridgehead atoms. The molecule has 0 aliphatic carbocycles. The van der Waals surface area contributed by atoms with Crippen molar-refractivity contribution in [3.63, 3.8) is 0 Å². The number of nitrogens with one attached hydrogen (secondary N) is 1. The van der Waals surface area contributed by atoms with Crippen LogP contribution in [0.1, 0.15) is 21.5 Å². The van der Waals surface area contributed by atoms with E-state index in [1.165, 1.54) is 0 Å². The quantitative estimate of drug-likeness (QED) is 0.400. The van der Waals surface area contributed by atoms with E-state index in [2.05, 4.69) is 5.32 Å². The van der Waals surface area contributed by atoms with Gasteiger partial charge >= 0.3 is 0 Å². The molecule has 0 saturated carbocycles. The first-order valence-electron chi connectivity index (χ1n) is 7.64. The highest BCUT2D eigenvalue weighted by Crippen LogP contribution is 2.17. The maximum absolute atomic E-state index is 12.5. The summed E-state index contributed by atoms with van der Waals surface area (Å²) in [5, 5.41) is 7.39. The Bertz CT molecular complexity index is 822. The van der Waals surface area contributed by atoms with Crippen LogP contribution in [0, 0.1) is 0 Å². The molecule has 3 nitrogen and oxygen atoms in total. The van der Waals surface area contributed by atoms with Crippen molar-refractivity contribution in [2.24, 2.45) is 0 Å². The second-order valence-electron chi connectivity index (χ2n) is 5.40. The highest BCUT2D eigenvalue weighted by atomic mass is 32.1. The lowest BCUT2D eigenvalue weighted by Crippen LogP contribution is -2.13. The summed E-state index contributed by atoms with van der Waals surface area (Å²) < 4.78 is 0. The monoisotopic (exact) mass is 334 g/mol. The molecule has 1 heterocycles. The molecule has 2 aromatic carbocycles. The molecule has 0 fully saturated rings. The number of carbonyl (C=O) groups is 1. The molecule has 1 aromatic heterocycles. The van der Waals surface area contributed by atoms with Gasteiger partial charge < -0.3 is 11.1 Å². The van der Waals surface area contributed by atoms with Gasteiger partial charge in [-0.3, -0.25) is 4.79 Å². The van der Waals surface area contributed by atoms with Crippen LogP contribution >= 0.6 is 11.3 Å². The second kappa shape index (κ2) is 7.62. The van der Waals surface area contributed by atoms with E-state index in [0.717, 1.165) is 22.5 Å². The fourth-order valence-electron chi connectivity index (χ4n) is 2.30. The lowest BCUT2D eigenvalue weighted by atomic mass is 10.1. The first kappa shape index (κ1) is 16.0. The molecule has 0 amide bonds. The topological polar surface area (TPSA) is 55.1 Å². The summed E-state index contributed by atoms with van der Waals surface area (Å²) in [6.07, 6.45) is 1.66. The van der Waals surface area contributed by atoms with Gasteiger partial charge in [0.25, 0.3) is 0 Å². The Morgan fingerprint density at radius 1 is 1.00 bits per heavy atom. The van der Waals surface area contributed by atoms with Gasteiger partial charge in [0, 0.05) is 40.5 Å². The van der Waals surface area contributed by atoms with E-state index in [9.17, 15) is 4.79 Å². The minimum atomic E-state index is -0.0124. The lowest BCUT2D eigenvalue weighted by Gasteiger charge is -2.10. The largest absolute Gasteiger partial charge is 0.399 e. The van der Waals surface area contributed by atoms with Crippen molar-refractivity contribution >= 4 is 28.5 Å². The van der Waals surface area contributed by atoms with E-state index < -0.39 is 0 Å². The van der Waals surface area contributed by atoms with Gasteiger partial charge in [-0.15, -0.1) is 0 Å². The zero-order valence-corrected chi connectivity index (χ0v) is 13.9. The van der Waals surface area contributed by atoms with E-state index in [0.29, 0.717) is 12.1 Å². The Morgan fingerprint density at radius 3 is 2.42 bits per heavy atom. The number of thiophene rings is 1. The van der Waals surface area contributed by atoms with Crippen molar-refractivity contribution in [1.82, 2.24) is 5.32 Å². The number of allylic oxidation sites excluding steroid dienone is 1. The summed E-state index contributed by atoms with van der Waals surface area (Å²) in [7, 11) is 0. The maximum atomic E-state index is 12.5. The van der Waals surface area contributed by atoms with Crippen molar-refractivity contribution in [3.8, 4) is 0 Å². The van der Waals surface area contributed by atoms with Crippen LogP contribution in [-0.4, -0.2) is 5.78 Å². The number of hydrogen-bond donors (Lipinski definition) is 2. The van der Waals surface area contributed by atoms with E-state index in [-0.39, 0.29) is 5.78 Å². The van der Waals surface area contributed by atoms with E-state index in [1.807, 2.05) is 71.4 Å². The van der Waals surface area contributed by atoms with Gasteiger partial charge in [-0.05, 0) is 29.1 Å². The zero-order chi connectivity index (χ0) is 16.8. The number of benzene rings is 2. The predicted octanol–water partition coefficient (Wildman–Crippen LogP) is 4.34. The molecule has 3 N–H and O–H groups in total. The molecule has 3 aromatic rings. The minimum Gasteiger partial charge on any atom is -0.399 e. The Morgan fingerprint density at radius 2 is 1.75 bits per heavy atom. The molecular weight excluding hydrogens is 316 g/mol. The third-order valence-corrected chi connectivity index (χ3v) is 4.31. The molecule has 3 rings (SSSR count). The van der Waals surface area contributed by atoms with Crippen LogP contribution in [0.5, 0.6) is 0 Å². The normalized spacial score (nSPS) is 11.2. The number of hydrogen-bond acceptors (Lipinski definition) is 4. The molecule has 0 radical (unpaired) electrons. The van der Waals surface area contributed by atoms with Crippen LogP contribution in [0.4, 0.5) is 5.69 Å². The third kappa shape index (κ3) is 4.12. The average molecular weight is 334 g/mol. The fraction of sp³-hybridized carbons (Fsp3) is 0.0500. The highest BCUT2D eigenvalue weighted by Gasteiger charge is 2.07. The highest BCUT2D eigenvalue weighted by molar-refractivity contribution is 7.08.